The number of morpholine rings is 1. The Kier molecular flexibility index (Phi) is 5.71. The van der Waals surface area contributed by atoms with Crippen LogP contribution < -0.4 is 5.43 Å². The fourth-order valence-corrected chi connectivity index (χ4v) is 2.78. The highest BCUT2D eigenvalue weighted by molar-refractivity contribution is 4.74. The number of hydrogen-bond donors (Lipinski definition) is 1. The van der Waals surface area contributed by atoms with Crippen molar-refractivity contribution in [2.45, 2.75) is 38.6 Å². The zero-order valence-corrected chi connectivity index (χ0v) is 11.2. The van der Waals surface area contributed by atoms with E-state index < -0.39 is 0 Å². The van der Waals surface area contributed by atoms with E-state index in [4.69, 9.17) is 4.74 Å². The second-order valence-electron chi connectivity index (χ2n) is 5.20. The third-order valence-corrected chi connectivity index (χ3v) is 3.74. The van der Waals surface area contributed by atoms with E-state index in [0.29, 0.717) is 6.04 Å². The molecule has 2 aliphatic rings. The molecule has 4 heteroatoms. The Morgan fingerprint density at radius 3 is 2.71 bits per heavy atom. The number of rotatable bonds is 4. The van der Waals surface area contributed by atoms with Gasteiger partial charge in [-0.2, -0.15) is 0 Å². The van der Waals surface area contributed by atoms with E-state index >= 15 is 0 Å². The summed E-state index contributed by atoms with van der Waals surface area (Å²) in [4.78, 5) is 2.61. The highest BCUT2D eigenvalue weighted by Crippen LogP contribution is 2.12. The van der Waals surface area contributed by atoms with Gasteiger partial charge in [0.1, 0.15) is 0 Å². The topological polar surface area (TPSA) is 27.7 Å². The number of nitrogens with one attached hydrogen (secondary N) is 1. The van der Waals surface area contributed by atoms with E-state index in [-0.39, 0.29) is 0 Å². The van der Waals surface area contributed by atoms with Crippen molar-refractivity contribution >= 4 is 0 Å². The van der Waals surface area contributed by atoms with Crippen molar-refractivity contribution in [2.24, 2.45) is 0 Å². The highest BCUT2D eigenvalue weighted by atomic mass is 16.5. The second kappa shape index (κ2) is 7.31. The summed E-state index contributed by atoms with van der Waals surface area (Å²) >= 11 is 0. The predicted molar refractivity (Wildman–Crippen MR) is 69.9 cm³/mol. The summed E-state index contributed by atoms with van der Waals surface area (Å²) in [6.45, 7) is 9.91. The van der Waals surface area contributed by atoms with E-state index in [1.807, 2.05) is 0 Å². The lowest BCUT2D eigenvalue weighted by Gasteiger charge is -2.31. The van der Waals surface area contributed by atoms with Crippen LogP contribution in [-0.4, -0.2) is 61.9 Å². The van der Waals surface area contributed by atoms with Crippen LogP contribution in [0.3, 0.4) is 0 Å². The van der Waals surface area contributed by atoms with Gasteiger partial charge in [-0.3, -0.25) is 5.43 Å². The first-order valence-electron chi connectivity index (χ1n) is 7.19. The second-order valence-corrected chi connectivity index (χ2v) is 5.20. The van der Waals surface area contributed by atoms with Gasteiger partial charge in [0.15, 0.2) is 0 Å². The van der Waals surface area contributed by atoms with Gasteiger partial charge in [-0.15, -0.1) is 0 Å². The largest absolute Gasteiger partial charge is 0.379 e. The number of ether oxygens (including phenoxy) is 1. The van der Waals surface area contributed by atoms with Crippen molar-refractivity contribution in [3.8, 4) is 0 Å². The molecule has 1 atom stereocenters. The van der Waals surface area contributed by atoms with Crippen LogP contribution in [0.25, 0.3) is 0 Å². The summed E-state index contributed by atoms with van der Waals surface area (Å²) in [5.74, 6) is 0. The van der Waals surface area contributed by atoms with Gasteiger partial charge in [0.2, 0.25) is 0 Å². The van der Waals surface area contributed by atoms with Crippen molar-refractivity contribution in [1.82, 2.24) is 15.3 Å². The van der Waals surface area contributed by atoms with Gasteiger partial charge in [0, 0.05) is 19.1 Å². The van der Waals surface area contributed by atoms with Gasteiger partial charge in [-0.05, 0) is 45.3 Å². The fourth-order valence-electron chi connectivity index (χ4n) is 2.78. The molecule has 0 aromatic heterocycles. The zero-order valence-electron chi connectivity index (χ0n) is 11.2. The molecule has 100 valence electrons. The van der Waals surface area contributed by atoms with E-state index in [0.717, 1.165) is 26.3 Å². The van der Waals surface area contributed by atoms with Crippen LogP contribution in [0.4, 0.5) is 0 Å². The van der Waals surface area contributed by atoms with Crippen LogP contribution in [0.5, 0.6) is 0 Å². The SMILES string of the molecule is CCCN1CCCC(NN2CCOCC2)CC1. The van der Waals surface area contributed by atoms with Crippen molar-refractivity contribution in [3.63, 3.8) is 0 Å². The van der Waals surface area contributed by atoms with Crippen LogP contribution in [0.2, 0.25) is 0 Å². The predicted octanol–water partition coefficient (Wildman–Crippen LogP) is 1.09. The molecular formula is C13H27N3O. The smallest absolute Gasteiger partial charge is 0.0608 e. The molecule has 2 heterocycles. The maximum absolute atomic E-state index is 5.37. The minimum atomic E-state index is 0.676. The molecule has 2 fully saturated rings. The molecule has 1 N–H and O–H groups in total. The van der Waals surface area contributed by atoms with Gasteiger partial charge in [0.05, 0.1) is 13.2 Å². The maximum Gasteiger partial charge on any atom is 0.0608 e. The number of hydrazine groups is 1. The van der Waals surface area contributed by atoms with E-state index in [2.05, 4.69) is 22.3 Å². The van der Waals surface area contributed by atoms with Gasteiger partial charge < -0.3 is 9.64 Å². The molecule has 0 aromatic rings. The molecule has 2 aliphatic heterocycles. The molecule has 0 bridgehead atoms. The first-order chi connectivity index (χ1) is 8.38. The Morgan fingerprint density at radius 1 is 1.12 bits per heavy atom. The van der Waals surface area contributed by atoms with Crippen LogP contribution in [-0.2, 0) is 4.74 Å². The van der Waals surface area contributed by atoms with Crippen molar-refractivity contribution in [2.75, 3.05) is 45.9 Å². The summed E-state index contributed by atoms with van der Waals surface area (Å²) in [7, 11) is 0. The average molecular weight is 241 g/mol. The van der Waals surface area contributed by atoms with Gasteiger partial charge in [-0.1, -0.05) is 6.92 Å². The summed E-state index contributed by atoms with van der Waals surface area (Å²) < 4.78 is 5.37. The normalized spacial score (nSPS) is 29.1. The Hall–Kier alpha value is -0.160. The van der Waals surface area contributed by atoms with Crippen LogP contribution in [0, 0.1) is 0 Å². The summed E-state index contributed by atoms with van der Waals surface area (Å²) in [5.41, 5.74) is 3.69. The molecule has 17 heavy (non-hydrogen) atoms. The summed E-state index contributed by atoms with van der Waals surface area (Å²) in [6, 6.07) is 0.676. The van der Waals surface area contributed by atoms with Gasteiger partial charge in [0.25, 0.3) is 0 Å². The lowest BCUT2D eigenvalue weighted by atomic mass is 10.1. The quantitative estimate of drug-likeness (QED) is 0.797. The molecule has 0 aromatic carbocycles. The Bertz CT molecular complexity index is 207. The summed E-state index contributed by atoms with van der Waals surface area (Å²) in [5, 5.41) is 2.35. The average Bonchev–Trinajstić information content (AvgIpc) is 2.57. The molecule has 0 radical (unpaired) electrons. The number of likely N-dealkylation sites (tertiary alicyclic amines) is 1. The minimum absolute atomic E-state index is 0.676. The lowest BCUT2D eigenvalue weighted by Crippen LogP contribution is -2.50. The van der Waals surface area contributed by atoms with E-state index in [1.165, 1.54) is 45.3 Å². The molecule has 0 saturated carbocycles. The Balaban J connectivity index is 1.70. The molecule has 2 rings (SSSR count). The van der Waals surface area contributed by atoms with Gasteiger partial charge in [-0.25, -0.2) is 5.01 Å². The number of nitrogens with zero attached hydrogens (tertiary/aromatic N) is 2. The molecule has 4 nitrogen and oxygen atoms in total. The number of hydrogen-bond acceptors (Lipinski definition) is 4. The zero-order chi connectivity index (χ0) is 11.9. The van der Waals surface area contributed by atoms with Crippen molar-refractivity contribution in [1.29, 1.82) is 0 Å². The Labute approximate surface area is 105 Å². The molecule has 1 unspecified atom stereocenters. The lowest BCUT2D eigenvalue weighted by molar-refractivity contribution is 0.00238. The van der Waals surface area contributed by atoms with Gasteiger partial charge >= 0.3 is 0 Å². The molecular weight excluding hydrogens is 214 g/mol. The van der Waals surface area contributed by atoms with Crippen LogP contribution >= 0.6 is 0 Å². The first-order valence-corrected chi connectivity index (χ1v) is 7.19. The molecule has 0 aliphatic carbocycles. The fraction of sp³-hybridized carbons (Fsp3) is 1.00. The molecule has 2 saturated heterocycles. The minimum Gasteiger partial charge on any atom is -0.379 e. The highest BCUT2D eigenvalue weighted by Gasteiger charge is 2.19. The van der Waals surface area contributed by atoms with Crippen LogP contribution in [0.15, 0.2) is 0 Å². The molecule has 0 spiro atoms. The standard InChI is InChI=1S/C13H27N3O/c1-2-6-15-7-3-4-13(5-8-15)14-16-9-11-17-12-10-16/h13-14H,2-12H2,1H3. The van der Waals surface area contributed by atoms with Crippen molar-refractivity contribution < 1.29 is 4.74 Å². The summed E-state index contributed by atoms with van der Waals surface area (Å²) in [6.07, 6.45) is 5.22. The third kappa shape index (κ3) is 4.54. The van der Waals surface area contributed by atoms with E-state index in [9.17, 15) is 0 Å². The third-order valence-electron chi connectivity index (χ3n) is 3.74. The van der Waals surface area contributed by atoms with Crippen LogP contribution in [0.1, 0.15) is 32.6 Å². The monoisotopic (exact) mass is 241 g/mol. The molecule has 0 amide bonds. The maximum atomic E-state index is 5.37. The Morgan fingerprint density at radius 2 is 1.94 bits per heavy atom. The first kappa shape index (κ1) is 13.3. The van der Waals surface area contributed by atoms with E-state index in [1.54, 1.807) is 0 Å². The van der Waals surface area contributed by atoms with Crippen molar-refractivity contribution in [3.05, 3.63) is 0 Å².